The number of hydrogen-bond acceptors (Lipinski definition) is 2. The Bertz CT molecular complexity index is 1060. The van der Waals surface area contributed by atoms with Gasteiger partial charge >= 0.3 is 0 Å². The Morgan fingerprint density at radius 1 is 0.741 bits per heavy atom. The second-order valence-electron chi connectivity index (χ2n) is 6.40. The summed E-state index contributed by atoms with van der Waals surface area (Å²) >= 11 is 0. The van der Waals surface area contributed by atoms with E-state index in [4.69, 9.17) is 9.73 Å². The van der Waals surface area contributed by atoms with E-state index in [9.17, 15) is 0 Å². The molecule has 132 valence electrons. The van der Waals surface area contributed by atoms with E-state index < -0.39 is 0 Å². The highest BCUT2D eigenvalue weighted by Gasteiger charge is 2.20. The average molecular weight is 351 g/mol. The van der Waals surface area contributed by atoms with E-state index in [1.165, 1.54) is 5.39 Å². The Balaban J connectivity index is 1.91. The van der Waals surface area contributed by atoms with Gasteiger partial charge in [-0.1, -0.05) is 91.0 Å². The van der Waals surface area contributed by atoms with Gasteiger partial charge in [-0.25, -0.2) is 0 Å². The smallest absolute Gasteiger partial charge is 0.125 e. The van der Waals surface area contributed by atoms with Gasteiger partial charge < -0.3 is 4.74 Å². The molecule has 0 radical (unpaired) electrons. The summed E-state index contributed by atoms with van der Waals surface area (Å²) in [6.07, 6.45) is 1.94. The van der Waals surface area contributed by atoms with Crippen LogP contribution >= 0.6 is 0 Å². The molecule has 27 heavy (non-hydrogen) atoms. The number of benzene rings is 4. The quantitative estimate of drug-likeness (QED) is 0.401. The second-order valence-corrected chi connectivity index (χ2v) is 6.40. The lowest BCUT2D eigenvalue weighted by Crippen LogP contribution is -2.03. The first kappa shape index (κ1) is 17.0. The van der Waals surface area contributed by atoms with E-state index in [2.05, 4.69) is 66.7 Å². The summed E-state index contributed by atoms with van der Waals surface area (Å²) in [5.41, 5.74) is 3.31. The third-order valence-electron chi connectivity index (χ3n) is 4.71. The molecule has 0 spiro atoms. The van der Waals surface area contributed by atoms with Crippen molar-refractivity contribution in [3.05, 3.63) is 114 Å². The fourth-order valence-electron chi connectivity index (χ4n) is 3.40. The van der Waals surface area contributed by atoms with Crippen molar-refractivity contribution in [1.82, 2.24) is 0 Å². The molecule has 0 bridgehead atoms. The van der Waals surface area contributed by atoms with Crippen molar-refractivity contribution in [2.24, 2.45) is 4.99 Å². The fourth-order valence-corrected chi connectivity index (χ4v) is 3.40. The molecule has 1 atom stereocenters. The highest BCUT2D eigenvalue weighted by Crippen LogP contribution is 2.38. The Hall–Kier alpha value is -3.39. The summed E-state index contributed by atoms with van der Waals surface area (Å²) in [7, 11) is 1.72. The molecule has 4 aromatic carbocycles. The molecule has 2 heteroatoms. The van der Waals surface area contributed by atoms with Crippen molar-refractivity contribution in [2.45, 2.75) is 6.04 Å². The summed E-state index contributed by atoms with van der Waals surface area (Å²) in [4.78, 5) is 4.99. The van der Waals surface area contributed by atoms with Crippen LogP contribution in [0.15, 0.2) is 102 Å². The van der Waals surface area contributed by atoms with E-state index in [0.29, 0.717) is 0 Å². The van der Waals surface area contributed by atoms with Crippen molar-refractivity contribution in [2.75, 3.05) is 7.11 Å². The van der Waals surface area contributed by atoms with Crippen LogP contribution in [0.1, 0.15) is 22.7 Å². The van der Waals surface area contributed by atoms with Crippen molar-refractivity contribution >= 4 is 17.0 Å². The van der Waals surface area contributed by atoms with E-state index in [0.717, 1.165) is 27.8 Å². The first-order chi connectivity index (χ1) is 13.4. The molecule has 4 rings (SSSR count). The van der Waals surface area contributed by atoms with E-state index in [1.54, 1.807) is 7.11 Å². The highest BCUT2D eigenvalue weighted by atomic mass is 16.5. The number of fused-ring (bicyclic) bond motifs is 1. The molecular formula is C25H21NO. The molecule has 0 aliphatic carbocycles. The number of nitrogens with zero attached hydrogens (tertiary/aromatic N) is 1. The van der Waals surface area contributed by atoms with Crippen LogP contribution in [0.3, 0.4) is 0 Å². The number of aliphatic imine (C=N–C) groups is 1. The van der Waals surface area contributed by atoms with E-state index >= 15 is 0 Å². The number of ether oxygens (including phenoxy) is 1. The minimum Gasteiger partial charge on any atom is -0.496 e. The maximum Gasteiger partial charge on any atom is 0.125 e. The summed E-state index contributed by atoms with van der Waals surface area (Å²) in [6, 6.07) is 32.9. The summed E-state index contributed by atoms with van der Waals surface area (Å²) < 4.78 is 5.73. The van der Waals surface area contributed by atoms with Gasteiger partial charge in [-0.15, -0.1) is 0 Å². The normalized spacial score (nSPS) is 12.3. The molecule has 1 unspecified atom stereocenters. The SMILES string of the molecule is COc1ccc2ccccc2c1C(N=Cc1ccccc1)c1ccccc1. The van der Waals surface area contributed by atoms with Crippen molar-refractivity contribution in [1.29, 1.82) is 0 Å². The first-order valence-electron chi connectivity index (χ1n) is 9.05. The van der Waals surface area contributed by atoms with Crippen LogP contribution in [0.5, 0.6) is 5.75 Å². The van der Waals surface area contributed by atoms with Gasteiger partial charge in [-0.2, -0.15) is 0 Å². The number of hydrogen-bond donors (Lipinski definition) is 0. The molecule has 2 nitrogen and oxygen atoms in total. The molecule has 0 heterocycles. The van der Waals surface area contributed by atoms with Gasteiger partial charge in [0.2, 0.25) is 0 Å². The Morgan fingerprint density at radius 3 is 2.15 bits per heavy atom. The summed E-state index contributed by atoms with van der Waals surface area (Å²) in [6.45, 7) is 0. The predicted octanol–water partition coefficient (Wildman–Crippen LogP) is 6.06. The minimum atomic E-state index is -0.146. The van der Waals surface area contributed by atoms with Crippen LogP contribution in [0.25, 0.3) is 10.8 Å². The molecule has 0 aliphatic heterocycles. The van der Waals surface area contributed by atoms with Gasteiger partial charge in [0.05, 0.1) is 7.11 Å². The van der Waals surface area contributed by atoms with Crippen molar-refractivity contribution in [3.63, 3.8) is 0 Å². The second kappa shape index (κ2) is 7.88. The van der Waals surface area contributed by atoms with Crippen LogP contribution in [-0.4, -0.2) is 13.3 Å². The third-order valence-corrected chi connectivity index (χ3v) is 4.71. The molecule has 0 N–H and O–H groups in total. The average Bonchev–Trinajstić information content (AvgIpc) is 2.75. The standard InChI is InChI=1S/C25H21NO/c1-27-23-17-16-20-12-8-9-15-22(20)24(23)25(21-13-6-3-7-14-21)26-18-19-10-4-2-5-11-19/h2-18,25H,1H3. The zero-order chi connectivity index (χ0) is 18.5. The van der Waals surface area contributed by atoms with Gasteiger partial charge in [0.1, 0.15) is 11.8 Å². The molecule has 4 aromatic rings. The largest absolute Gasteiger partial charge is 0.496 e. The maximum absolute atomic E-state index is 5.73. The van der Waals surface area contributed by atoms with Crippen molar-refractivity contribution < 1.29 is 4.74 Å². The Labute approximate surface area is 159 Å². The summed E-state index contributed by atoms with van der Waals surface area (Å²) in [5, 5.41) is 2.35. The van der Waals surface area contributed by atoms with Crippen LogP contribution in [0.2, 0.25) is 0 Å². The lowest BCUT2D eigenvalue weighted by Gasteiger charge is -2.19. The van der Waals surface area contributed by atoms with Gasteiger partial charge in [0, 0.05) is 11.8 Å². The molecule has 0 saturated carbocycles. The number of rotatable bonds is 5. The maximum atomic E-state index is 5.73. The van der Waals surface area contributed by atoms with Gasteiger partial charge in [-0.05, 0) is 28.0 Å². The highest BCUT2D eigenvalue weighted by molar-refractivity contribution is 5.89. The lowest BCUT2D eigenvalue weighted by molar-refractivity contribution is 0.409. The Morgan fingerprint density at radius 2 is 1.41 bits per heavy atom. The van der Waals surface area contributed by atoms with Crippen LogP contribution in [0.4, 0.5) is 0 Å². The zero-order valence-electron chi connectivity index (χ0n) is 15.2. The van der Waals surface area contributed by atoms with Crippen LogP contribution < -0.4 is 4.74 Å². The van der Waals surface area contributed by atoms with E-state index in [-0.39, 0.29) is 6.04 Å². The summed E-state index contributed by atoms with van der Waals surface area (Å²) in [5.74, 6) is 0.854. The predicted molar refractivity (Wildman–Crippen MR) is 113 cm³/mol. The van der Waals surface area contributed by atoms with Crippen LogP contribution in [-0.2, 0) is 0 Å². The molecular weight excluding hydrogens is 330 g/mol. The number of methoxy groups -OCH3 is 1. The Kier molecular flexibility index (Phi) is 4.97. The lowest BCUT2D eigenvalue weighted by atomic mass is 9.93. The molecule has 0 aliphatic rings. The zero-order valence-corrected chi connectivity index (χ0v) is 15.2. The molecule has 0 saturated heterocycles. The minimum absolute atomic E-state index is 0.146. The van der Waals surface area contributed by atoms with Gasteiger partial charge in [0.25, 0.3) is 0 Å². The topological polar surface area (TPSA) is 21.6 Å². The molecule has 0 amide bonds. The first-order valence-corrected chi connectivity index (χ1v) is 9.05. The van der Waals surface area contributed by atoms with Gasteiger partial charge in [0.15, 0.2) is 0 Å². The molecule has 0 fully saturated rings. The fraction of sp³-hybridized carbons (Fsp3) is 0.0800. The third kappa shape index (κ3) is 3.61. The van der Waals surface area contributed by atoms with Crippen LogP contribution in [0, 0.1) is 0 Å². The van der Waals surface area contributed by atoms with Crippen molar-refractivity contribution in [3.8, 4) is 5.75 Å². The van der Waals surface area contributed by atoms with E-state index in [1.807, 2.05) is 36.5 Å². The molecule has 0 aromatic heterocycles. The monoisotopic (exact) mass is 351 g/mol. The van der Waals surface area contributed by atoms with Gasteiger partial charge in [-0.3, -0.25) is 4.99 Å².